The van der Waals surface area contributed by atoms with Crippen LogP contribution in [-0.4, -0.2) is 25.3 Å². The van der Waals surface area contributed by atoms with Crippen molar-refractivity contribution in [3.05, 3.63) is 0 Å². The van der Waals surface area contributed by atoms with Gasteiger partial charge in [0.15, 0.2) is 6.29 Å². The molecule has 0 aromatic heterocycles. The number of methoxy groups -OCH3 is 1. The third-order valence-electron chi connectivity index (χ3n) is 1.85. The summed E-state index contributed by atoms with van der Waals surface area (Å²) in [5, 5.41) is 0. The van der Waals surface area contributed by atoms with Gasteiger partial charge in [0.2, 0.25) is 0 Å². The average Bonchev–Trinajstić information content (AvgIpc) is 2.34. The number of hydrogen-bond acceptors (Lipinski definition) is 3. The Morgan fingerprint density at radius 2 is 2.36 bits per heavy atom. The Hall–Kier alpha value is -0.410. The molecule has 0 bridgehead atoms. The van der Waals surface area contributed by atoms with Crippen LogP contribution in [0.4, 0.5) is 0 Å². The predicted octanol–water partition coefficient (Wildman–Crippen LogP) is 1.12. The van der Waals surface area contributed by atoms with Crippen molar-refractivity contribution in [2.24, 2.45) is 0 Å². The lowest BCUT2D eigenvalue weighted by molar-refractivity contribution is -0.130. The number of Topliss-reactive ketones (excluding diaryl/α,β-unsaturated/α-hetero) is 1. The van der Waals surface area contributed by atoms with E-state index in [1.165, 1.54) is 0 Å². The molecular formula is C8H14O3. The van der Waals surface area contributed by atoms with Crippen molar-refractivity contribution in [1.29, 1.82) is 0 Å². The van der Waals surface area contributed by atoms with Crippen molar-refractivity contribution >= 4 is 5.78 Å². The number of hydrogen-bond donors (Lipinski definition) is 0. The molecule has 0 aliphatic carbocycles. The summed E-state index contributed by atoms with van der Waals surface area (Å²) in [5.41, 5.74) is 0. The first kappa shape index (κ1) is 8.68. The average molecular weight is 158 g/mol. The van der Waals surface area contributed by atoms with Gasteiger partial charge in [-0.15, -0.1) is 0 Å². The van der Waals surface area contributed by atoms with Gasteiger partial charge in [-0.3, -0.25) is 4.79 Å². The van der Waals surface area contributed by atoms with Gasteiger partial charge in [-0.05, 0) is 13.3 Å². The fourth-order valence-corrected chi connectivity index (χ4v) is 1.32. The van der Waals surface area contributed by atoms with E-state index in [2.05, 4.69) is 0 Å². The molecule has 2 atom stereocenters. The largest absolute Gasteiger partial charge is 0.356 e. The summed E-state index contributed by atoms with van der Waals surface area (Å²) in [4.78, 5) is 10.7. The van der Waals surface area contributed by atoms with Crippen LogP contribution in [0.3, 0.4) is 0 Å². The van der Waals surface area contributed by atoms with Crippen LogP contribution in [0.1, 0.15) is 26.2 Å². The highest BCUT2D eigenvalue weighted by atomic mass is 16.7. The summed E-state index contributed by atoms with van der Waals surface area (Å²) >= 11 is 0. The lowest BCUT2D eigenvalue weighted by Gasteiger charge is -2.09. The van der Waals surface area contributed by atoms with Crippen molar-refractivity contribution in [1.82, 2.24) is 0 Å². The first-order valence-electron chi connectivity index (χ1n) is 3.90. The van der Waals surface area contributed by atoms with Crippen LogP contribution in [0, 0.1) is 0 Å². The minimum absolute atomic E-state index is 0.0839. The van der Waals surface area contributed by atoms with E-state index < -0.39 is 0 Å². The smallest absolute Gasteiger partial charge is 0.157 e. The van der Waals surface area contributed by atoms with Gasteiger partial charge in [-0.1, -0.05) is 0 Å². The van der Waals surface area contributed by atoms with Gasteiger partial charge < -0.3 is 9.47 Å². The van der Waals surface area contributed by atoms with E-state index in [-0.39, 0.29) is 18.2 Å². The minimum atomic E-state index is -0.0839. The van der Waals surface area contributed by atoms with E-state index in [4.69, 9.17) is 9.47 Å². The third-order valence-corrected chi connectivity index (χ3v) is 1.85. The highest BCUT2D eigenvalue weighted by molar-refractivity contribution is 5.75. The molecular weight excluding hydrogens is 144 g/mol. The summed E-state index contributed by atoms with van der Waals surface area (Å²) in [7, 11) is 1.63. The Bertz CT molecular complexity index is 144. The molecule has 1 aliphatic heterocycles. The fraction of sp³-hybridized carbons (Fsp3) is 0.875. The number of carbonyl (C=O) groups excluding carboxylic acids is 1. The molecule has 0 aromatic carbocycles. The monoisotopic (exact) mass is 158 g/mol. The molecule has 1 fully saturated rings. The van der Waals surface area contributed by atoms with Crippen LogP contribution in [0.5, 0.6) is 0 Å². The lowest BCUT2D eigenvalue weighted by atomic mass is 10.1. The van der Waals surface area contributed by atoms with E-state index in [0.29, 0.717) is 6.42 Å². The van der Waals surface area contributed by atoms with Gasteiger partial charge in [0.05, 0.1) is 6.10 Å². The molecule has 1 aliphatic rings. The molecule has 64 valence electrons. The highest BCUT2D eigenvalue weighted by Crippen LogP contribution is 2.22. The van der Waals surface area contributed by atoms with Crippen molar-refractivity contribution < 1.29 is 14.3 Å². The van der Waals surface area contributed by atoms with Crippen LogP contribution in [0.25, 0.3) is 0 Å². The van der Waals surface area contributed by atoms with E-state index in [9.17, 15) is 4.79 Å². The maximum Gasteiger partial charge on any atom is 0.157 e. The Morgan fingerprint density at radius 1 is 1.64 bits per heavy atom. The van der Waals surface area contributed by atoms with Gasteiger partial charge >= 0.3 is 0 Å². The molecule has 0 radical (unpaired) electrons. The molecule has 3 nitrogen and oxygen atoms in total. The zero-order valence-corrected chi connectivity index (χ0v) is 7.00. The standard InChI is InChI=1S/C8H14O3/c1-6(9)5-7-3-4-8(10-2)11-7/h7-8H,3-5H2,1-2H3. The molecule has 11 heavy (non-hydrogen) atoms. The molecule has 2 unspecified atom stereocenters. The number of ether oxygens (including phenoxy) is 2. The molecule has 1 saturated heterocycles. The second-order valence-corrected chi connectivity index (χ2v) is 2.91. The minimum Gasteiger partial charge on any atom is -0.356 e. The van der Waals surface area contributed by atoms with Crippen molar-refractivity contribution in [2.45, 2.75) is 38.6 Å². The first-order valence-corrected chi connectivity index (χ1v) is 3.90. The molecule has 0 N–H and O–H groups in total. The Kier molecular flexibility index (Phi) is 3.02. The summed E-state index contributed by atoms with van der Waals surface area (Å²) < 4.78 is 10.4. The lowest BCUT2D eigenvalue weighted by Crippen LogP contribution is -2.14. The van der Waals surface area contributed by atoms with E-state index >= 15 is 0 Å². The third kappa shape index (κ3) is 2.60. The fourth-order valence-electron chi connectivity index (χ4n) is 1.32. The van der Waals surface area contributed by atoms with Crippen molar-refractivity contribution in [3.8, 4) is 0 Å². The van der Waals surface area contributed by atoms with Gasteiger partial charge in [0, 0.05) is 20.0 Å². The second-order valence-electron chi connectivity index (χ2n) is 2.91. The van der Waals surface area contributed by atoms with Crippen LogP contribution in [0.2, 0.25) is 0 Å². The number of ketones is 1. The number of rotatable bonds is 3. The van der Waals surface area contributed by atoms with Crippen LogP contribution in [0.15, 0.2) is 0 Å². The summed E-state index contributed by atoms with van der Waals surface area (Å²) in [6, 6.07) is 0. The molecule has 0 aromatic rings. The molecule has 1 heterocycles. The summed E-state index contributed by atoms with van der Waals surface area (Å²) in [5.74, 6) is 0.187. The second kappa shape index (κ2) is 3.83. The topological polar surface area (TPSA) is 35.5 Å². The zero-order chi connectivity index (χ0) is 8.27. The van der Waals surface area contributed by atoms with Gasteiger partial charge in [-0.2, -0.15) is 0 Å². The Balaban J connectivity index is 2.24. The maximum atomic E-state index is 10.7. The molecule has 0 spiro atoms. The van der Waals surface area contributed by atoms with E-state index in [1.54, 1.807) is 14.0 Å². The van der Waals surface area contributed by atoms with Crippen LogP contribution in [-0.2, 0) is 14.3 Å². The molecule has 1 rings (SSSR count). The molecule has 3 heteroatoms. The van der Waals surface area contributed by atoms with Crippen molar-refractivity contribution in [2.75, 3.05) is 7.11 Å². The zero-order valence-electron chi connectivity index (χ0n) is 7.00. The SMILES string of the molecule is COC1CCC(CC(C)=O)O1. The van der Waals surface area contributed by atoms with E-state index in [0.717, 1.165) is 12.8 Å². The van der Waals surface area contributed by atoms with E-state index in [1.807, 2.05) is 0 Å². The summed E-state index contributed by atoms with van der Waals surface area (Å²) in [6.07, 6.45) is 2.39. The van der Waals surface area contributed by atoms with Crippen LogP contribution >= 0.6 is 0 Å². The predicted molar refractivity (Wildman–Crippen MR) is 40.2 cm³/mol. The van der Waals surface area contributed by atoms with Crippen LogP contribution < -0.4 is 0 Å². The van der Waals surface area contributed by atoms with Crippen molar-refractivity contribution in [3.63, 3.8) is 0 Å². The molecule has 0 saturated carbocycles. The van der Waals surface area contributed by atoms with Gasteiger partial charge in [-0.25, -0.2) is 0 Å². The first-order chi connectivity index (χ1) is 5.22. The quantitative estimate of drug-likeness (QED) is 0.617. The molecule has 0 amide bonds. The highest BCUT2D eigenvalue weighted by Gasteiger charge is 2.25. The normalized spacial score (nSPS) is 30.7. The Labute approximate surface area is 66.7 Å². The summed E-state index contributed by atoms with van der Waals surface area (Å²) in [6.45, 7) is 1.59. The van der Waals surface area contributed by atoms with Gasteiger partial charge in [0.25, 0.3) is 0 Å². The maximum absolute atomic E-state index is 10.7. The van der Waals surface area contributed by atoms with Gasteiger partial charge in [0.1, 0.15) is 5.78 Å². The Morgan fingerprint density at radius 3 is 2.82 bits per heavy atom. The number of carbonyl (C=O) groups is 1.